The molecule has 0 spiro atoms. The van der Waals surface area contributed by atoms with Crippen LogP contribution in [-0.2, 0) is 14.9 Å². The van der Waals surface area contributed by atoms with Crippen LogP contribution in [0.4, 0.5) is 0 Å². The largest absolute Gasteiger partial charge is 0.506 e. The van der Waals surface area contributed by atoms with Crippen molar-refractivity contribution in [1.29, 1.82) is 0 Å². The van der Waals surface area contributed by atoms with E-state index in [1.165, 1.54) is 18.2 Å². The second-order valence-electron chi connectivity index (χ2n) is 6.07. The van der Waals surface area contributed by atoms with Crippen molar-refractivity contribution in [2.24, 2.45) is 0 Å². The molecule has 0 aliphatic carbocycles. The molecule has 5 nitrogen and oxygen atoms in total. The van der Waals surface area contributed by atoms with Crippen molar-refractivity contribution >= 4 is 56.5 Å². The fourth-order valence-electron chi connectivity index (χ4n) is 3.18. The molecule has 0 saturated heterocycles. The third-order valence-electron chi connectivity index (χ3n) is 4.41. The van der Waals surface area contributed by atoms with E-state index in [4.69, 9.17) is 46.4 Å². The van der Waals surface area contributed by atoms with Crippen LogP contribution in [0.5, 0.6) is 11.5 Å². The van der Waals surface area contributed by atoms with Crippen LogP contribution in [0.1, 0.15) is 16.7 Å². The Balaban J connectivity index is 2.64. The van der Waals surface area contributed by atoms with Crippen LogP contribution in [-0.4, -0.2) is 23.2 Å². The average molecular weight is 494 g/mol. The van der Waals surface area contributed by atoms with Crippen molar-refractivity contribution in [2.75, 3.05) is 0 Å². The van der Waals surface area contributed by atoms with Crippen LogP contribution in [0, 0.1) is 0 Å². The zero-order chi connectivity index (χ0) is 21.6. The molecule has 0 aromatic heterocycles. The Morgan fingerprint density at radius 2 is 1.34 bits per heavy atom. The predicted octanol–water partition coefficient (Wildman–Crippen LogP) is 5.89. The molecule has 10 heteroatoms. The van der Waals surface area contributed by atoms with E-state index in [9.17, 15) is 23.2 Å². The highest BCUT2D eigenvalue weighted by Crippen LogP contribution is 2.53. The molecule has 0 bridgehead atoms. The Hall–Kier alpha value is -1.67. The van der Waals surface area contributed by atoms with Gasteiger partial charge in [0.1, 0.15) is 11.5 Å². The van der Waals surface area contributed by atoms with Crippen molar-refractivity contribution in [2.45, 2.75) is 4.75 Å². The van der Waals surface area contributed by atoms with E-state index in [-0.39, 0.29) is 37.5 Å². The minimum absolute atomic E-state index is 0.0507. The molecule has 1 atom stereocenters. The fraction of sp³-hybridized carbons (Fsp3) is 0.0526. The molecular formula is C19H12Cl4O5S. The van der Waals surface area contributed by atoms with E-state index in [0.717, 1.165) is 18.2 Å². The summed E-state index contributed by atoms with van der Waals surface area (Å²) in [5.41, 5.74) is -0.393. The summed E-state index contributed by atoms with van der Waals surface area (Å²) >= 11 is 24.7. The smallest absolute Gasteiger partial charge is 0.283 e. The number of benzene rings is 3. The monoisotopic (exact) mass is 492 g/mol. The summed E-state index contributed by atoms with van der Waals surface area (Å²) in [5.74, 6) is -0.844. The molecule has 0 heterocycles. The lowest BCUT2D eigenvalue weighted by Gasteiger charge is -2.34. The molecule has 3 rings (SSSR count). The number of aromatic hydroxyl groups is 2. The van der Waals surface area contributed by atoms with Gasteiger partial charge in [0.15, 0.2) is 4.75 Å². The number of halogens is 4. The van der Waals surface area contributed by atoms with Crippen LogP contribution in [0.3, 0.4) is 0 Å². The number of phenols is 2. The van der Waals surface area contributed by atoms with Crippen LogP contribution < -0.4 is 0 Å². The van der Waals surface area contributed by atoms with E-state index in [1.807, 2.05) is 0 Å². The second kappa shape index (κ2) is 7.87. The van der Waals surface area contributed by atoms with Gasteiger partial charge in [-0.05, 0) is 23.3 Å². The minimum Gasteiger partial charge on any atom is -0.506 e. The Morgan fingerprint density at radius 3 is 1.90 bits per heavy atom. The van der Waals surface area contributed by atoms with Gasteiger partial charge in [0, 0.05) is 11.6 Å². The molecule has 152 valence electrons. The van der Waals surface area contributed by atoms with Crippen LogP contribution >= 0.6 is 46.4 Å². The van der Waals surface area contributed by atoms with Crippen molar-refractivity contribution in [3.05, 3.63) is 91.4 Å². The Morgan fingerprint density at radius 1 is 0.724 bits per heavy atom. The maximum atomic E-state index is 13.0. The molecular weight excluding hydrogens is 482 g/mol. The van der Waals surface area contributed by atoms with Gasteiger partial charge in [-0.15, -0.1) is 0 Å². The van der Waals surface area contributed by atoms with Crippen molar-refractivity contribution in [1.82, 2.24) is 0 Å². The second-order valence-corrected chi connectivity index (χ2v) is 9.20. The molecule has 1 unspecified atom stereocenters. The highest BCUT2D eigenvalue weighted by molar-refractivity contribution is 7.87. The molecule has 0 amide bonds. The lowest BCUT2D eigenvalue weighted by Crippen LogP contribution is -2.39. The summed E-state index contributed by atoms with van der Waals surface area (Å²) < 4.78 is 34.1. The summed E-state index contributed by atoms with van der Waals surface area (Å²) in [6, 6.07) is 12.2. The molecule has 3 aromatic carbocycles. The van der Waals surface area contributed by atoms with Gasteiger partial charge < -0.3 is 10.2 Å². The molecule has 3 N–H and O–H groups in total. The van der Waals surface area contributed by atoms with E-state index in [1.54, 1.807) is 18.2 Å². The van der Waals surface area contributed by atoms with Gasteiger partial charge in [0.2, 0.25) is 0 Å². The Labute approximate surface area is 186 Å². The summed E-state index contributed by atoms with van der Waals surface area (Å²) in [6.45, 7) is 0. The van der Waals surface area contributed by atoms with E-state index in [2.05, 4.69) is 0 Å². The molecule has 0 radical (unpaired) electrons. The van der Waals surface area contributed by atoms with Crippen LogP contribution in [0.15, 0.2) is 54.6 Å². The van der Waals surface area contributed by atoms with Gasteiger partial charge >= 0.3 is 0 Å². The molecule has 0 saturated carbocycles. The summed E-state index contributed by atoms with van der Waals surface area (Å²) in [6.07, 6.45) is 0. The van der Waals surface area contributed by atoms with Crippen molar-refractivity contribution in [3.8, 4) is 11.5 Å². The van der Waals surface area contributed by atoms with Gasteiger partial charge in [-0.2, -0.15) is 8.42 Å². The average Bonchev–Trinajstić information content (AvgIpc) is 2.65. The summed E-state index contributed by atoms with van der Waals surface area (Å²) in [4.78, 5) is 0. The lowest BCUT2D eigenvalue weighted by atomic mass is 9.83. The number of hydrogen-bond acceptors (Lipinski definition) is 4. The summed E-state index contributed by atoms with van der Waals surface area (Å²) in [7, 11) is -5.07. The van der Waals surface area contributed by atoms with Gasteiger partial charge in [-0.3, -0.25) is 4.55 Å². The van der Waals surface area contributed by atoms with Crippen molar-refractivity contribution in [3.63, 3.8) is 0 Å². The minimum atomic E-state index is -5.07. The van der Waals surface area contributed by atoms with E-state index < -0.39 is 25.6 Å². The highest BCUT2D eigenvalue weighted by Gasteiger charge is 2.52. The molecule has 0 aliphatic heterocycles. The SMILES string of the molecule is O=S(=O)(O)C(c1ccccc1)(c1ccc(O)c(Cl)c1)c1c(Cl)c(O)cc(Cl)c1Cl. The van der Waals surface area contributed by atoms with Gasteiger partial charge in [-0.1, -0.05) is 82.8 Å². The highest BCUT2D eigenvalue weighted by atomic mass is 35.5. The molecule has 0 aliphatic rings. The molecule has 29 heavy (non-hydrogen) atoms. The van der Waals surface area contributed by atoms with Crippen molar-refractivity contribution < 1.29 is 23.2 Å². The maximum absolute atomic E-state index is 13.0. The zero-order valence-corrected chi connectivity index (χ0v) is 18.1. The first-order valence-corrected chi connectivity index (χ1v) is 10.9. The standard InChI is InChI=1S/C19H12Cl4O5S/c20-12-8-11(6-7-14(12)24)19(29(26,27)28,10-4-2-1-3-5-10)16-17(22)13(21)9-15(25)18(16)23/h1-9,24-25H,(H,26,27,28). The molecule has 3 aromatic rings. The van der Waals surface area contributed by atoms with Crippen LogP contribution in [0.2, 0.25) is 20.1 Å². The van der Waals surface area contributed by atoms with Gasteiger partial charge in [-0.25, -0.2) is 0 Å². The van der Waals surface area contributed by atoms with Crippen LogP contribution in [0.25, 0.3) is 0 Å². The quantitative estimate of drug-likeness (QED) is 0.239. The third-order valence-corrected chi connectivity index (χ3v) is 7.33. The first-order valence-electron chi connectivity index (χ1n) is 7.90. The maximum Gasteiger partial charge on any atom is 0.283 e. The Bertz CT molecular complexity index is 1170. The molecule has 0 fully saturated rings. The fourth-order valence-corrected chi connectivity index (χ4v) is 5.62. The predicted molar refractivity (Wildman–Crippen MR) is 114 cm³/mol. The lowest BCUT2D eigenvalue weighted by molar-refractivity contribution is 0.455. The Kier molecular flexibility index (Phi) is 5.98. The number of hydrogen-bond donors (Lipinski definition) is 3. The number of rotatable bonds is 4. The zero-order valence-electron chi connectivity index (χ0n) is 14.3. The first kappa shape index (κ1) is 22.0. The number of phenolic OH excluding ortho intramolecular Hbond substituents is 2. The summed E-state index contributed by atoms with van der Waals surface area (Å²) in [5, 5.41) is 18.9. The first-order chi connectivity index (χ1) is 13.5. The topological polar surface area (TPSA) is 94.8 Å². The normalized spacial score (nSPS) is 13.8. The van der Waals surface area contributed by atoms with E-state index in [0.29, 0.717) is 0 Å². The third kappa shape index (κ3) is 3.54. The van der Waals surface area contributed by atoms with Gasteiger partial charge in [0.05, 0.1) is 20.1 Å². The van der Waals surface area contributed by atoms with E-state index >= 15 is 0 Å². The van der Waals surface area contributed by atoms with Gasteiger partial charge in [0.25, 0.3) is 10.1 Å².